The highest BCUT2D eigenvalue weighted by molar-refractivity contribution is 5.83. The Balaban J connectivity index is 1.25. The van der Waals surface area contributed by atoms with Gasteiger partial charge in [-0.05, 0) is 49.4 Å². The lowest BCUT2D eigenvalue weighted by Crippen LogP contribution is -2.51. The van der Waals surface area contributed by atoms with Crippen LogP contribution in [-0.2, 0) is 6.54 Å². The molecular weight excluding hydrogens is 320 g/mol. The fraction of sp³-hybridized carbons (Fsp3) is 0.636. The average molecular weight is 353 g/mol. The molecule has 140 valence electrons. The van der Waals surface area contributed by atoms with Gasteiger partial charge < -0.3 is 10.3 Å². The highest BCUT2D eigenvalue weighted by atomic mass is 15.3. The predicted molar refractivity (Wildman–Crippen MR) is 107 cm³/mol. The zero-order chi connectivity index (χ0) is 17.3. The Bertz CT molecular complexity index is 734. The van der Waals surface area contributed by atoms with Gasteiger partial charge in [0.15, 0.2) is 0 Å². The van der Waals surface area contributed by atoms with Crippen molar-refractivity contribution in [3.63, 3.8) is 0 Å². The van der Waals surface area contributed by atoms with Gasteiger partial charge in [-0.1, -0.05) is 25.0 Å². The molecule has 2 N–H and O–H groups in total. The van der Waals surface area contributed by atoms with E-state index in [4.69, 9.17) is 0 Å². The van der Waals surface area contributed by atoms with Crippen molar-refractivity contribution in [2.45, 2.75) is 57.2 Å². The number of piperidine rings is 1. The molecule has 4 heteroatoms. The molecule has 1 atom stereocenters. The van der Waals surface area contributed by atoms with Gasteiger partial charge in [-0.2, -0.15) is 0 Å². The summed E-state index contributed by atoms with van der Waals surface area (Å²) in [5.41, 5.74) is 4.21. The Morgan fingerprint density at radius 1 is 0.962 bits per heavy atom. The van der Waals surface area contributed by atoms with Gasteiger partial charge in [0.25, 0.3) is 0 Å². The molecule has 1 aromatic carbocycles. The van der Waals surface area contributed by atoms with Gasteiger partial charge in [0, 0.05) is 61.9 Å². The van der Waals surface area contributed by atoms with Crippen molar-refractivity contribution in [1.82, 2.24) is 20.1 Å². The van der Waals surface area contributed by atoms with Crippen LogP contribution in [0.1, 0.15) is 55.7 Å². The van der Waals surface area contributed by atoms with Crippen LogP contribution >= 0.6 is 0 Å². The molecule has 1 saturated carbocycles. The summed E-state index contributed by atoms with van der Waals surface area (Å²) in [6.45, 7) is 7.18. The third-order valence-corrected chi connectivity index (χ3v) is 6.90. The Hall–Kier alpha value is -1.36. The lowest BCUT2D eigenvalue weighted by Gasteiger charge is -2.43. The van der Waals surface area contributed by atoms with E-state index in [9.17, 15) is 0 Å². The van der Waals surface area contributed by atoms with Gasteiger partial charge in [-0.15, -0.1) is 0 Å². The summed E-state index contributed by atoms with van der Waals surface area (Å²) in [7, 11) is 0. The van der Waals surface area contributed by atoms with Crippen LogP contribution in [0, 0.1) is 0 Å². The molecule has 1 aliphatic carbocycles. The molecule has 2 saturated heterocycles. The van der Waals surface area contributed by atoms with Crippen LogP contribution in [0.25, 0.3) is 10.9 Å². The van der Waals surface area contributed by atoms with Crippen molar-refractivity contribution >= 4 is 10.9 Å². The van der Waals surface area contributed by atoms with Gasteiger partial charge in [-0.25, -0.2) is 0 Å². The number of aromatic amines is 1. The molecule has 3 fully saturated rings. The summed E-state index contributed by atoms with van der Waals surface area (Å²) in [6, 6.07) is 8.50. The average Bonchev–Trinajstić information content (AvgIpc) is 3.05. The van der Waals surface area contributed by atoms with Crippen LogP contribution in [0.5, 0.6) is 0 Å². The predicted octanol–water partition coefficient (Wildman–Crippen LogP) is 3.65. The second kappa shape index (κ2) is 7.34. The molecule has 4 nitrogen and oxygen atoms in total. The largest absolute Gasteiger partial charge is 0.361 e. The SMILES string of the molecule is c1cc2c(CN3CCN(C4CCC4)CC3)c[nH]c2cc1C1CCCCN1. The Labute approximate surface area is 156 Å². The number of nitrogens with one attached hydrogen (secondary N) is 2. The number of benzene rings is 1. The number of hydrogen-bond acceptors (Lipinski definition) is 3. The van der Waals surface area contributed by atoms with Crippen LogP contribution in [-0.4, -0.2) is 53.5 Å². The van der Waals surface area contributed by atoms with Crippen LogP contribution in [0.4, 0.5) is 0 Å². The molecular formula is C22H32N4. The van der Waals surface area contributed by atoms with Crippen LogP contribution in [0.3, 0.4) is 0 Å². The molecule has 1 aromatic heterocycles. The van der Waals surface area contributed by atoms with E-state index in [1.165, 1.54) is 86.7 Å². The number of piperazine rings is 1. The first-order chi connectivity index (χ1) is 12.9. The van der Waals surface area contributed by atoms with E-state index in [0.29, 0.717) is 6.04 Å². The Kier molecular flexibility index (Phi) is 4.74. The first-order valence-electron chi connectivity index (χ1n) is 10.7. The topological polar surface area (TPSA) is 34.3 Å². The maximum absolute atomic E-state index is 3.67. The number of nitrogens with zero attached hydrogens (tertiary/aromatic N) is 2. The summed E-state index contributed by atoms with van der Waals surface area (Å²) in [4.78, 5) is 8.89. The second-order valence-corrected chi connectivity index (χ2v) is 8.52. The summed E-state index contributed by atoms with van der Waals surface area (Å²) in [6.07, 6.45) is 10.5. The molecule has 0 spiro atoms. The first kappa shape index (κ1) is 16.8. The van der Waals surface area contributed by atoms with Gasteiger partial charge in [0.2, 0.25) is 0 Å². The van der Waals surface area contributed by atoms with Crippen molar-refractivity contribution in [2.24, 2.45) is 0 Å². The van der Waals surface area contributed by atoms with Crippen molar-refractivity contribution in [3.8, 4) is 0 Å². The number of rotatable bonds is 4. The third-order valence-electron chi connectivity index (χ3n) is 6.90. The lowest BCUT2D eigenvalue weighted by atomic mass is 9.91. The molecule has 0 bridgehead atoms. The van der Waals surface area contributed by atoms with Crippen molar-refractivity contribution in [3.05, 3.63) is 35.5 Å². The van der Waals surface area contributed by atoms with E-state index in [1.54, 1.807) is 0 Å². The van der Waals surface area contributed by atoms with Crippen molar-refractivity contribution in [2.75, 3.05) is 32.7 Å². The number of fused-ring (bicyclic) bond motifs is 1. The minimum Gasteiger partial charge on any atom is -0.361 e. The Morgan fingerprint density at radius 3 is 2.58 bits per heavy atom. The monoisotopic (exact) mass is 352 g/mol. The van der Waals surface area contributed by atoms with E-state index in [1.807, 2.05) is 0 Å². The van der Waals surface area contributed by atoms with Gasteiger partial charge in [0.05, 0.1) is 0 Å². The highest BCUT2D eigenvalue weighted by Gasteiger charge is 2.28. The minimum absolute atomic E-state index is 0.541. The quantitative estimate of drug-likeness (QED) is 0.881. The summed E-state index contributed by atoms with van der Waals surface area (Å²) >= 11 is 0. The molecule has 1 unspecified atom stereocenters. The first-order valence-corrected chi connectivity index (χ1v) is 10.7. The molecule has 3 aliphatic rings. The lowest BCUT2D eigenvalue weighted by molar-refractivity contribution is 0.0589. The fourth-order valence-corrected chi connectivity index (χ4v) is 4.97. The molecule has 2 aliphatic heterocycles. The second-order valence-electron chi connectivity index (χ2n) is 8.52. The fourth-order valence-electron chi connectivity index (χ4n) is 4.97. The Morgan fingerprint density at radius 2 is 1.85 bits per heavy atom. The van der Waals surface area contributed by atoms with E-state index in [-0.39, 0.29) is 0 Å². The smallest absolute Gasteiger partial charge is 0.0460 e. The zero-order valence-corrected chi connectivity index (χ0v) is 15.8. The molecule has 5 rings (SSSR count). The van der Waals surface area contributed by atoms with Crippen molar-refractivity contribution < 1.29 is 0 Å². The van der Waals surface area contributed by atoms with Crippen molar-refractivity contribution in [1.29, 1.82) is 0 Å². The number of H-pyrrole nitrogens is 1. The maximum atomic E-state index is 3.67. The highest BCUT2D eigenvalue weighted by Crippen LogP contribution is 2.29. The minimum atomic E-state index is 0.541. The number of hydrogen-bond donors (Lipinski definition) is 2. The zero-order valence-electron chi connectivity index (χ0n) is 15.8. The van der Waals surface area contributed by atoms with Crippen LogP contribution < -0.4 is 5.32 Å². The van der Waals surface area contributed by atoms with Gasteiger partial charge in [0.1, 0.15) is 0 Å². The number of aromatic nitrogens is 1. The molecule has 26 heavy (non-hydrogen) atoms. The summed E-state index contributed by atoms with van der Waals surface area (Å²) in [5.74, 6) is 0. The van der Waals surface area contributed by atoms with Crippen LogP contribution in [0.15, 0.2) is 24.4 Å². The van der Waals surface area contributed by atoms with Crippen LogP contribution in [0.2, 0.25) is 0 Å². The molecule has 0 radical (unpaired) electrons. The molecule has 0 amide bonds. The maximum Gasteiger partial charge on any atom is 0.0460 e. The van der Waals surface area contributed by atoms with E-state index >= 15 is 0 Å². The molecule has 3 heterocycles. The summed E-state index contributed by atoms with van der Waals surface area (Å²) in [5, 5.41) is 5.08. The molecule has 2 aromatic rings. The van der Waals surface area contributed by atoms with E-state index in [0.717, 1.165) is 19.1 Å². The normalized spacial score (nSPS) is 26.2. The van der Waals surface area contributed by atoms with Gasteiger partial charge in [-0.3, -0.25) is 9.80 Å². The van der Waals surface area contributed by atoms with Gasteiger partial charge >= 0.3 is 0 Å². The standard InChI is InChI=1S/C22H32N4/c1-2-9-23-21(6-1)17-7-8-20-18(15-24-22(20)14-17)16-25-10-12-26(13-11-25)19-4-3-5-19/h7-8,14-15,19,21,23-24H,1-6,9-13,16H2. The summed E-state index contributed by atoms with van der Waals surface area (Å²) < 4.78 is 0. The van der Waals surface area contributed by atoms with E-state index < -0.39 is 0 Å². The third kappa shape index (κ3) is 3.30. The van der Waals surface area contributed by atoms with E-state index in [2.05, 4.69) is 44.5 Å².